The van der Waals surface area contributed by atoms with Crippen LogP contribution in [0.5, 0.6) is 11.5 Å². The number of nitrogens with zero attached hydrogens (tertiary/aromatic N) is 1. The summed E-state index contributed by atoms with van der Waals surface area (Å²) in [5.74, 6) is 0.922. The molecule has 0 aliphatic rings. The minimum absolute atomic E-state index is 0.217. The van der Waals surface area contributed by atoms with Crippen LogP contribution in [0.1, 0.15) is 20.9 Å². The molecule has 0 radical (unpaired) electrons. The molecule has 0 saturated heterocycles. The first kappa shape index (κ1) is 25.6. The Hall–Kier alpha value is -4.50. The molecule has 1 aromatic heterocycles. The average molecular weight is 503 g/mol. The zero-order valence-corrected chi connectivity index (χ0v) is 20.8. The van der Waals surface area contributed by atoms with Crippen molar-refractivity contribution in [1.82, 2.24) is 10.2 Å². The number of nitrogen functional groups attached to an aromatic ring is 1. The molecule has 0 aliphatic heterocycles. The molecule has 4 aromatic rings. The van der Waals surface area contributed by atoms with Crippen LogP contribution >= 0.6 is 0 Å². The number of hydrogen-bond acceptors (Lipinski definition) is 7. The van der Waals surface area contributed by atoms with Crippen molar-refractivity contribution in [3.8, 4) is 11.5 Å². The number of rotatable bonds is 11. The summed E-state index contributed by atoms with van der Waals surface area (Å²) < 4.78 is 17.1. The van der Waals surface area contributed by atoms with Gasteiger partial charge in [-0.3, -0.25) is 9.59 Å². The fourth-order valence-corrected chi connectivity index (χ4v) is 3.50. The van der Waals surface area contributed by atoms with Crippen LogP contribution in [0.15, 0.2) is 77.2 Å². The highest BCUT2D eigenvalue weighted by Gasteiger charge is 2.13. The summed E-state index contributed by atoms with van der Waals surface area (Å²) in [7, 11) is 3.97. The zero-order valence-electron chi connectivity index (χ0n) is 20.8. The lowest BCUT2D eigenvalue weighted by Gasteiger charge is -2.10. The second-order valence-corrected chi connectivity index (χ2v) is 8.63. The summed E-state index contributed by atoms with van der Waals surface area (Å²) in [5, 5.41) is 6.36. The van der Waals surface area contributed by atoms with E-state index >= 15 is 0 Å². The van der Waals surface area contributed by atoms with E-state index in [0.717, 1.165) is 17.7 Å². The molecule has 0 bridgehead atoms. The summed E-state index contributed by atoms with van der Waals surface area (Å²) in [5.41, 5.74) is 8.01. The van der Waals surface area contributed by atoms with E-state index in [9.17, 15) is 9.59 Å². The fourth-order valence-electron chi connectivity index (χ4n) is 3.50. The third-order valence-electron chi connectivity index (χ3n) is 5.50. The first-order chi connectivity index (χ1) is 17.9. The van der Waals surface area contributed by atoms with Gasteiger partial charge in [-0.1, -0.05) is 12.1 Å². The Balaban J connectivity index is 1.23. The summed E-state index contributed by atoms with van der Waals surface area (Å²) in [4.78, 5) is 27.0. The molecule has 0 spiro atoms. The first-order valence-corrected chi connectivity index (χ1v) is 11.9. The molecule has 4 rings (SSSR count). The fraction of sp³-hybridized carbons (Fsp3) is 0.214. The lowest BCUT2D eigenvalue weighted by Crippen LogP contribution is -2.27. The number of nitrogens with one attached hydrogen (secondary N) is 2. The number of para-hydroxylation sites is 2. The zero-order chi connectivity index (χ0) is 26.2. The lowest BCUT2D eigenvalue weighted by molar-refractivity contribution is 0.0920. The van der Waals surface area contributed by atoms with Gasteiger partial charge in [0.05, 0.1) is 17.9 Å². The van der Waals surface area contributed by atoms with Crippen molar-refractivity contribution in [2.45, 2.75) is 0 Å². The van der Waals surface area contributed by atoms with E-state index in [4.69, 9.17) is 19.6 Å². The summed E-state index contributed by atoms with van der Waals surface area (Å²) in [6, 6.07) is 20.9. The highest BCUT2D eigenvalue weighted by Crippen LogP contribution is 2.24. The van der Waals surface area contributed by atoms with Gasteiger partial charge in [-0.05, 0) is 74.8 Å². The molecule has 0 unspecified atom stereocenters. The number of anilines is 2. The van der Waals surface area contributed by atoms with Crippen LogP contribution in [0.4, 0.5) is 11.4 Å². The van der Waals surface area contributed by atoms with E-state index in [1.165, 1.54) is 0 Å². The summed E-state index contributed by atoms with van der Waals surface area (Å²) >= 11 is 0. The smallest absolute Gasteiger partial charge is 0.287 e. The molecule has 2 amide bonds. The van der Waals surface area contributed by atoms with Crippen molar-refractivity contribution in [3.63, 3.8) is 0 Å². The van der Waals surface area contributed by atoms with Crippen LogP contribution < -0.4 is 25.8 Å². The van der Waals surface area contributed by atoms with Gasteiger partial charge in [-0.25, -0.2) is 0 Å². The Morgan fingerprint density at radius 2 is 1.62 bits per heavy atom. The molecular formula is C28H30N4O5. The van der Waals surface area contributed by atoms with Crippen LogP contribution in [-0.4, -0.2) is 57.1 Å². The third-order valence-corrected chi connectivity index (χ3v) is 5.50. The average Bonchev–Trinajstić information content (AvgIpc) is 3.32. The van der Waals surface area contributed by atoms with E-state index in [1.54, 1.807) is 60.7 Å². The van der Waals surface area contributed by atoms with Crippen molar-refractivity contribution in [1.29, 1.82) is 0 Å². The number of fused-ring (bicyclic) bond motifs is 1. The number of hydrogen-bond donors (Lipinski definition) is 3. The Bertz CT molecular complexity index is 1360. The molecule has 9 heteroatoms. The van der Waals surface area contributed by atoms with E-state index < -0.39 is 0 Å². The number of furan rings is 1. The largest absolute Gasteiger partial charge is 0.492 e. The Labute approximate surface area is 215 Å². The Kier molecular flexibility index (Phi) is 8.27. The number of carbonyl (C=O) groups excluding carboxylic acids is 2. The van der Waals surface area contributed by atoms with Gasteiger partial charge in [-0.15, -0.1) is 0 Å². The van der Waals surface area contributed by atoms with Crippen molar-refractivity contribution < 1.29 is 23.5 Å². The quantitative estimate of drug-likeness (QED) is 0.209. The van der Waals surface area contributed by atoms with Crippen LogP contribution in [0.2, 0.25) is 0 Å². The normalized spacial score (nSPS) is 10.9. The topological polar surface area (TPSA) is 119 Å². The molecule has 1 heterocycles. The molecule has 37 heavy (non-hydrogen) atoms. The van der Waals surface area contributed by atoms with Crippen LogP contribution in [0.25, 0.3) is 11.0 Å². The van der Waals surface area contributed by atoms with Crippen LogP contribution in [0.3, 0.4) is 0 Å². The predicted molar refractivity (Wildman–Crippen MR) is 143 cm³/mol. The van der Waals surface area contributed by atoms with Gasteiger partial charge >= 0.3 is 0 Å². The molecule has 4 N–H and O–H groups in total. The maximum absolute atomic E-state index is 12.5. The Morgan fingerprint density at radius 3 is 2.38 bits per heavy atom. The van der Waals surface area contributed by atoms with Crippen molar-refractivity contribution in [2.75, 3.05) is 51.4 Å². The summed E-state index contributed by atoms with van der Waals surface area (Å²) in [6.07, 6.45) is 0. The van der Waals surface area contributed by atoms with Gasteiger partial charge in [0.1, 0.15) is 30.3 Å². The monoisotopic (exact) mass is 502 g/mol. The molecule has 192 valence electrons. The highest BCUT2D eigenvalue weighted by atomic mass is 16.5. The lowest BCUT2D eigenvalue weighted by atomic mass is 10.2. The van der Waals surface area contributed by atoms with Crippen LogP contribution in [0, 0.1) is 0 Å². The number of nitrogens with two attached hydrogens (primary N) is 1. The van der Waals surface area contributed by atoms with E-state index in [1.807, 2.05) is 31.1 Å². The standard InChI is InChI=1S/C28H30N4O5/c1-32(2)14-16-36-22-11-12-25-20(17-22)18-26(37-25)28(34)30-13-15-35-21-9-7-19(8-10-21)27(33)31-24-6-4-3-5-23(24)29/h3-12,17-18H,13-16,29H2,1-2H3,(H,30,34)(H,31,33). The molecule has 3 aromatic carbocycles. The van der Waals surface area contributed by atoms with Gasteiger partial charge in [0.15, 0.2) is 5.76 Å². The van der Waals surface area contributed by atoms with Crippen LogP contribution in [-0.2, 0) is 0 Å². The predicted octanol–water partition coefficient (Wildman–Crippen LogP) is 4.02. The first-order valence-electron chi connectivity index (χ1n) is 11.9. The maximum atomic E-state index is 12.5. The van der Waals surface area contributed by atoms with Gasteiger partial charge in [0.25, 0.3) is 11.8 Å². The maximum Gasteiger partial charge on any atom is 0.287 e. The number of carbonyl (C=O) groups is 2. The van der Waals surface area contributed by atoms with E-state index in [2.05, 4.69) is 10.6 Å². The minimum Gasteiger partial charge on any atom is -0.492 e. The van der Waals surface area contributed by atoms with Crippen molar-refractivity contribution in [2.24, 2.45) is 0 Å². The van der Waals surface area contributed by atoms with E-state index in [-0.39, 0.29) is 30.7 Å². The van der Waals surface area contributed by atoms with Crippen molar-refractivity contribution in [3.05, 3.63) is 84.1 Å². The number of likely N-dealkylation sites (N-methyl/N-ethyl adjacent to an activating group) is 1. The number of ether oxygens (including phenoxy) is 2. The van der Waals surface area contributed by atoms with Gasteiger partial charge in [0.2, 0.25) is 0 Å². The molecule has 9 nitrogen and oxygen atoms in total. The highest BCUT2D eigenvalue weighted by molar-refractivity contribution is 6.05. The third kappa shape index (κ3) is 7.02. The van der Waals surface area contributed by atoms with Crippen molar-refractivity contribution >= 4 is 34.2 Å². The molecular weight excluding hydrogens is 472 g/mol. The van der Waals surface area contributed by atoms with Gasteiger partial charge in [0, 0.05) is 17.5 Å². The van der Waals surface area contributed by atoms with Gasteiger partial charge in [-0.2, -0.15) is 0 Å². The summed E-state index contributed by atoms with van der Waals surface area (Å²) in [6.45, 7) is 1.91. The molecule has 0 saturated carbocycles. The molecule has 0 atom stereocenters. The number of amides is 2. The molecule has 0 fully saturated rings. The number of benzene rings is 3. The SMILES string of the molecule is CN(C)CCOc1ccc2oc(C(=O)NCCOc3ccc(C(=O)Nc4ccccc4N)cc3)cc2c1. The second-order valence-electron chi connectivity index (χ2n) is 8.63. The molecule has 0 aliphatic carbocycles. The second kappa shape index (κ2) is 12.0. The van der Waals surface area contributed by atoms with E-state index in [0.29, 0.717) is 34.9 Å². The van der Waals surface area contributed by atoms with Gasteiger partial charge < -0.3 is 35.2 Å². The Morgan fingerprint density at radius 1 is 0.892 bits per heavy atom. The minimum atomic E-state index is -0.331.